The van der Waals surface area contributed by atoms with E-state index in [2.05, 4.69) is 15.2 Å². The topological polar surface area (TPSA) is 71.8 Å². The van der Waals surface area contributed by atoms with Gasteiger partial charge in [0.25, 0.3) is 5.56 Å². The first-order chi connectivity index (χ1) is 11.7. The maximum atomic E-state index is 12.5. The van der Waals surface area contributed by atoms with E-state index in [0.717, 1.165) is 24.6 Å². The highest BCUT2D eigenvalue weighted by Crippen LogP contribution is 2.26. The predicted octanol–water partition coefficient (Wildman–Crippen LogP) is 1.21. The van der Waals surface area contributed by atoms with Crippen LogP contribution in [0.3, 0.4) is 0 Å². The second kappa shape index (κ2) is 6.09. The molecule has 2 aromatic rings. The Morgan fingerprint density at radius 3 is 2.71 bits per heavy atom. The molecule has 0 unspecified atom stereocenters. The molecule has 1 atom stereocenters. The molecule has 0 saturated carbocycles. The van der Waals surface area contributed by atoms with Crippen LogP contribution in [0.15, 0.2) is 46.2 Å². The van der Waals surface area contributed by atoms with Crippen molar-refractivity contribution in [2.24, 2.45) is 4.99 Å². The van der Waals surface area contributed by atoms with Crippen molar-refractivity contribution in [2.45, 2.75) is 13.1 Å². The Balaban J connectivity index is 1.82. The maximum absolute atomic E-state index is 12.5. The van der Waals surface area contributed by atoms with Crippen LogP contribution >= 0.6 is 0 Å². The molecule has 24 heavy (non-hydrogen) atoms. The second-order valence-corrected chi connectivity index (χ2v) is 5.89. The largest absolute Gasteiger partial charge is 0.378 e. The lowest BCUT2D eigenvalue weighted by Crippen LogP contribution is -2.47. The van der Waals surface area contributed by atoms with Crippen molar-refractivity contribution in [3.8, 4) is 0 Å². The summed E-state index contributed by atoms with van der Waals surface area (Å²) in [4.78, 5) is 24.0. The standard InChI is InChI=1S/C17H19N5O2/c1-12-11-14(23)22-15(13-5-3-2-4-6-13)19-16(20-17(22)18-12)21-7-9-24-10-8-21/h2-6,11,15H,7-10H2,1H3,(H,18,19,20)/t15-/m1/s1. The third kappa shape index (κ3) is 2.67. The van der Waals surface area contributed by atoms with E-state index < -0.39 is 6.17 Å². The van der Waals surface area contributed by atoms with Gasteiger partial charge in [0.2, 0.25) is 11.9 Å². The second-order valence-electron chi connectivity index (χ2n) is 5.89. The third-order valence-electron chi connectivity index (χ3n) is 4.20. The molecule has 3 heterocycles. The predicted molar refractivity (Wildman–Crippen MR) is 91.3 cm³/mol. The van der Waals surface area contributed by atoms with Gasteiger partial charge in [-0.15, -0.1) is 0 Å². The van der Waals surface area contributed by atoms with Gasteiger partial charge in [-0.1, -0.05) is 30.3 Å². The molecule has 1 fully saturated rings. The minimum atomic E-state index is -0.416. The Morgan fingerprint density at radius 2 is 1.96 bits per heavy atom. The number of benzene rings is 1. The van der Waals surface area contributed by atoms with Gasteiger partial charge in [-0.2, -0.15) is 0 Å². The summed E-state index contributed by atoms with van der Waals surface area (Å²) in [5.74, 6) is 1.27. The minimum absolute atomic E-state index is 0.108. The van der Waals surface area contributed by atoms with Crippen molar-refractivity contribution in [1.29, 1.82) is 0 Å². The smallest absolute Gasteiger partial charge is 0.257 e. The quantitative estimate of drug-likeness (QED) is 0.853. The first-order valence-corrected chi connectivity index (χ1v) is 8.05. The molecule has 1 saturated heterocycles. The number of anilines is 1. The molecule has 0 radical (unpaired) electrons. The van der Waals surface area contributed by atoms with E-state index >= 15 is 0 Å². The number of nitrogens with one attached hydrogen (secondary N) is 1. The molecular formula is C17H19N5O2. The van der Waals surface area contributed by atoms with Gasteiger partial charge < -0.3 is 9.64 Å². The highest BCUT2D eigenvalue weighted by molar-refractivity contribution is 5.93. The number of guanidine groups is 1. The molecule has 0 spiro atoms. The number of morpholine rings is 1. The fourth-order valence-corrected chi connectivity index (χ4v) is 3.02. The number of aromatic nitrogens is 2. The summed E-state index contributed by atoms with van der Waals surface area (Å²) in [6, 6.07) is 11.4. The van der Waals surface area contributed by atoms with Crippen molar-refractivity contribution < 1.29 is 4.74 Å². The van der Waals surface area contributed by atoms with E-state index in [9.17, 15) is 4.79 Å². The zero-order valence-corrected chi connectivity index (χ0v) is 13.5. The molecule has 2 aliphatic rings. The zero-order valence-electron chi connectivity index (χ0n) is 13.5. The summed E-state index contributed by atoms with van der Waals surface area (Å²) in [6.07, 6.45) is -0.416. The van der Waals surface area contributed by atoms with Gasteiger partial charge in [0.1, 0.15) is 0 Å². The van der Waals surface area contributed by atoms with Gasteiger partial charge in [0.05, 0.1) is 13.2 Å². The molecule has 2 aliphatic heterocycles. The van der Waals surface area contributed by atoms with Gasteiger partial charge in [-0.05, 0) is 12.5 Å². The van der Waals surface area contributed by atoms with E-state index in [1.807, 2.05) is 37.3 Å². The van der Waals surface area contributed by atoms with Gasteiger partial charge in [0, 0.05) is 24.8 Å². The van der Waals surface area contributed by atoms with Crippen LogP contribution in [-0.4, -0.2) is 46.7 Å². The van der Waals surface area contributed by atoms with Crippen molar-refractivity contribution >= 4 is 11.9 Å². The van der Waals surface area contributed by atoms with Gasteiger partial charge >= 0.3 is 0 Å². The van der Waals surface area contributed by atoms with Gasteiger partial charge in [-0.25, -0.2) is 9.98 Å². The van der Waals surface area contributed by atoms with Crippen LogP contribution in [0.25, 0.3) is 0 Å². The van der Waals surface area contributed by atoms with Crippen molar-refractivity contribution in [3.63, 3.8) is 0 Å². The third-order valence-corrected chi connectivity index (χ3v) is 4.20. The number of nitrogens with zero attached hydrogens (tertiary/aromatic N) is 4. The average molecular weight is 325 g/mol. The first-order valence-electron chi connectivity index (χ1n) is 8.05. The van der Waals surface area contributed by atoms with Crippen molar-refractivity contribution in [2.75, 3.05) is 31.6 Å². The Labute approximate surface area is 139 Å². The van der Waals surface area contributed by atoms with Crippen LogP contribution in [0.1, 0.15) is 17.4 Å². The van der Waals surface area contributed by atoms with Crippen molar-refractivity contribution in [3.05, 3.63) is 58.0 Å². The van der Waals surface area contributed by atoms with Crippen LogP contribution < -0.4 is 10.9 Å². The fraction of sp³-hybridized carbons (Fsp3) is 0.353. The molecular weight excluding hydrogens is 306 g/mol. The number of rotatable bonds is 1. The first kappa shape index (κ1) is 14.9. The van der Waals surface area contributed by atoms with E-state index in [4.69, 9.17) is 9.73 Å². The molecule has 1 aromatic heterocycles. The monoisotopic (exact) mass is 325 g/mol. The van der Waals surface area contributed by atoms with E-state index in [-0.39, 0.29) is 5.56 Å². The van der Waals surface area contributed by atoms with Crippen LogP contribution in [-0.2, 0) is 4.74 Å². The van der Waals surface area contributed by atoms with Crippen LogP contribution in [0, 0.1) is 6.92 Å². The molecule has 1 N–H and O–H groups in total. The molecule has 0 aliphatic carbocycles. The Bertz CT molecular complexity index is 825. The van der Waals surface area contributed by atoms with Crippen LogP contribution in [0.4, 0.5) is 5.95 Å². The molecule has 124 valence electrons. The number of fused-ring (bicyclic) bond motifs is 1. The summed E-state index contributed by atoms with van der Waals surface area (Å²) in [7, 11) is 0. The van der Waals surface area contributed by atoms with Crippen molar-refractivity contribution in [1.82, 2.24) is 14.5 Å². The average Bonchev–Trinajstić information content (AvgIpc) is 2.62. The summed E-state index contributed by atoms with van der Waals surface area (Å²) in [6.45, 7) is 4.70. The van der Waals surface area contributed by atoms with Crippen LogP contribution in [0.5, 0.6) is 0 Å². The number of hydrogen-bond donors (Lipinski definition) is 1. The molecule has 4 rings (SSSR count). The maximum Gasteiger partial charge on any atom is 0.257 e. The molecule has 7 nitrogen and oxygen atoms in total. The summed E-state index contributed by atoms with van der Waals surface area (Å²) in [5.41, 5.74) is 1.54. The number of aryl methyl sites for hydroxylation is 1. The zero-order chi connectivity index (χ0) is 16.5. The summed E-state index contributed by atoms with van der Waals surface area (Å²) in [5, 5.41) is 3.22. The summed E-state index contributed by atoms with van der Waals surface area (Å²) < 4.78 is 7.02. The highest BCUT2D eigenvalue weighted by Gasteiger charge is 2.27. The molecule has 1 aromatic carbocycles. The van der Waals surface area contributed by atoms with E-state index in [1.165, 1.54) is 6.07 Å². The Kier molecular flexibility index (Phi) is 3.78. The number of aliphatic imine (C=N–C) groups is 1. The Morgan fingerprint density at radius 1 is 1.21 bits per heavy atom. The van der Waals surface area contributed by atoms with Gasteiger partial charge in [-0.3, -0.25) is 14.7 Å². The molecule has 0 amide bonds. The lowest BCUT2D eigenvalue weighted by Gasteiger charge is -2.34. The SMILES string of the molecule is Cc1cc(=O)n2c(n1)NC(N1CCOCC1)=N[C@H]2c1ccccc1. The number of ether oxygens (including phenoxy) is 1. The number of hydrogen-bond acceptors (Lipinski definition) is 6. The van der Waals surface area contributed by atoms with Crippen LogP contribution in [0.2, 0.25) is 0 Å². The van der Waals surface area contributed by atoms with E-state index in [0.29, 0.717) is 24.9 Å². The Hall–Kier alpha value is -2.67. The summed E-state index contributed by atoms with van der Waals surface area (Å²) >= 11 is 0. The fourth-order valence-electron chi connectivity index (χ4n) is 3.02. The molecule has 7 heteroatoms. The highest BCUT2D eigenvalue weighted by atomic mass is 16.5. The minimum Gasteiger partial charge on any atom is -0.378 e. The lowest BCUT2D eigenvalue weighted by atomic mass is 10.1. The van der Waals surface area contributed by atoms with E-state index in [1.54, 1.807) is 4.57 Å². The normalized spacial score (nSPS) is 20.1. The lowest BCUT2D eigenvalue weighted by molar-refractivity contribution is 0.0675. The van der Waals surface area contributed by atoms with Gasteiger partial charge in [0.15, 0.2) is 6.17 Å². The molecule has 0 bridgehead atoms.